The number of hydrazone groups is 1. The van der Waals surface area contributed by atoms with Crippen LogP contribution in [0.15, 0.2) is 23.2 Å². The van der Waals surface area contributed by atoms with E-state index in [4.69, 9.17) is 9.84 Å². The van der Waals surface area contributed by atoms with Crippen LogP contribution in [0, 0.1) is 5.41 Å². The van der Waals surface area contributed by atoms with Crippen molar-refractivity contribution in [2.24, 2.45) is 10.5 Å². The van der Waals surface area contributed by atoms with E-state index in [1.165, 1.54) is 40.8 Å². The van der Waals surface area contributed by atoms with Crippen LogP contribution < -0.4 is 5.43 Å². The average molecular weight is 412 g/mol. The molecule has 7 heteroatoms. The highest BCUT2D eigenvalue weighted by Crippen LogP contribution is 2.39. The van der Waals surface area contributed by atoms with Crippen LogP contribution in [0.4, 0.5) is 5.82 Å². The Balaban J connectivity index is 1.45. The summed E-state index contributed by atoms with van der Waals surface area (Å²) in [7, 11) is 0. The van der Waals surface area contributed by atoms with Crippen molar-refractivity contribution in [3.05, 3.63) is 28.5 Å². The predicted octanol–water partition coefficient (Wildman–Crippen LogP) is 4.37. The number of aromatic nitrogens is 2. The van der Waals surface area contributed by atoms with E-state index in [-0.39, 0.29) is 5.41 Å². The first-order chi connectivity index (χ1) is 14.1. The van der Waals surface area contributed by atoms with Gasteiger partial charge in [-0.2, -0.15) is 5.10 Å². The summed E-state index contributed by atoms with van der Waals surface area (Å²) in [5.74, 6) is 0.853. The van der Waals surface area contributed by atoms with Gasteiger partial charge in [0.1, 0.15) is 11.2 Å². The SMILES string of the molecule is CC1(C)CC(N2CCOCC2)=CC(=NNc2ncnc3sc4c(c23)CCCC4)C1. The number of ether oxygens (including phenoxy) is 1. The lowest BCUT2D eigenvalue weighted by molar-refractivity contribution is 0.0491. The van der Waals surface area contributed by atoms with Crippen LogP contribution in [0.5, 0.6) is 0 Å². The van der Waals surface area contributed by atoms with Gasteiger partial charge in [-0.3, -0.25) is 5.43 Å². The summed E-state index contributed by atoms with van der Waals surface area (Å²) in [5, 5.41) is 6.00. The van der Waals surface area contributed by atoms with Gasteiger partial charge < -0.3 is 9.64 Å². The fourth-order valence-corrected chi connectivity index (χ4v) is 5.99. The number of hydrogen-bond donors (Lipinski definition) is 1. The molecule has 0 bridgehead atoms. The van der Waals surface area contributed by atoms with E-state index in [0.717, 1.165) is 61.9 Å². The molecule has 154 valence electrons. The van der Waals surface area contributed by atoms with Gasteiger partial charge >= 0.3 is 0 Å². The summed E-state index contributed by atoms with van der Waals surface area (Å²) in [4.78, 5) is 14.1. The van der Waals surface area contributed by atoms with Gasteiger partial charge in [-0.1, -0.05) is 13.8 Å². The van der Waals surface area contributed by atoms with E-state index in [1.54, 1.807) is 6.33 Å². The van der Waals surface area contributed by atoms with Gasteiger partial charge in [-0.15, -0.1) is 11.3 Å². The molecule has 0 unspecified atom stereocenters. The zero-order chi connectivity index (χ0) is 19.8. The minimum Gasteiger partial charge on any atom is -0.378 e. The lowest BCUT2D eigenvalue weighted by Gasteiger charge is -2.38. The molecule has 0 amide bonds. The smallest absolute Gasteiger partial charge is 0.158 e. The molecule has 6 nitrogen and oxygen atoms in total. The molecule has 0 atom stereocenters. The molecule has 2 aliphatic carbocycles. The molecule has 2 aromatic heterocycles. The van der Waals surface area contributed by atoms with Crippen LogP contribution in [-0.2, 0) is 17.6 Å². The van der Waals surface area contributed by atoms with Gasteiger partial charge in [0.15, 0.2) is 5.82 Å². The summed E-state index contributed by atoms with van der Waals surface area (Å²) in [6.45, 7) is 8.21. The Bertz CT molecular complexity index is 971. The second-order valence-electron chi connectivity index (χ2n) is 9.08. The summed E-state index contributed by atoms with van der Waals surface area (Å²) in [5.41, 5.74) is 7.42. The topological polar surface area (TPSA) is 62.6 Å². The molecule has 0 spiro atoms. The second-order valence-corrected chi connectivity index (χ2v) is 10.2. The summed E-state index contributed by atoms with van der Waals surface area (Å²) in [6, 6.07) is 0. The largest absolute Gasteiger partial charge is 0.378 e. The molecule has 0 aromatic carbocycles. The van der Waals surface area contributed by atoms with Crippen molar-refractivity contribution in [1.29, 1.82) is 0 Å². The highest BCUT2D eigenvalue weighted by atomic mass is 32.1. The number of thiophene rings is 1. The fraction of sp³-hybridized carbons (Fsp3) is 0.591. The van der Waals surface area contributed by atoms with E-state index in [2.05, 4.69) is 40.2 Å². The summed E-state index contributed by atoms with van der Waals surface area (Å²) < 4.78 is 5.53. The van der Waals surface area contributed by atoms with E-state index in [9.17, 15) is 0 Å². The van der Waals surface area contributed by atoms with Crippen molar-refractivity contribution in [3.63, 3.8) is 0 Å². The molecular weight excluding hydrogens is 382 g/mol. The average Bonchev–Trinajstić information content (AvgIpc) is 3.11. The standard InChI is InChI=1S/C22H29N5OS/c1-22(2)12-15(11-16(13-22)27-7-9-28-10-8-27)25-26-20-19-17-5-3-4-6-18(17)29-21(19)24-14-23-20/h11,14H,3-10,12-13H2,1-2H3,(H,23,24,26). The van der Waals surface area contributed by atoms with Gasteiger partial charge in [0.25, 0.3) is 0 Å². The number of hydrogen-bond acceptors (Lipinski definition) is 7. The number of nitrogens with one attached hydrogen (secondary N) is 1. The molecule has 3 heterocycles. The van der Waals surface area contributed by atoms with Crippen LogP contribution >= 0.6 is 11.3 Å². The molecular formula is C22H29N5OS. The summed E-state index contributed by atoms with van der Waals surface area (Å²) in [6.07, 6.45) is 10.8. The maximum Gasteiger partial charge on any atom is 0.158 e. The molecule has 0 saturated carbocycles. The van der Waals surface area contributed by atoms with Gasteiger partial charge in [0, 0.05) is 23.7 Å². The highest BCUT2D eigenvalue weighted by molar-refractivity contribution is 7.19. The number of rotatable bonds is 3. The molecule has 2 aromatic rings. The summed E-state index contributed by atoms with van der Waals surface area (Å²) >= 11 is 1.82. The Labute approximate surface area is 176 Å². The Kier molecular flexibility index (Phi) is 5.04. The Hall–Kier alpha value is -1.99. The van der Waals surface area contributed by atoms with Crippen molar-refractivity contribution in [1.82, 2.24) is 14.9 Å². The zero-order valence-electron chi connectivity index (χ0n) is 17.3. The third kappa shape index (κ3) is 3.90. The minimum absolute atomic E-state index is 0.200. The van der Waals surface area contributed by atoms with E-state index in [1.807, 2.05) is 11.3 Å². The van der Waals surface area contributed by atoms with Crippen LogP contribution in [0.25, 0.3) is 10.2 Å². The second kappa shape index (κ2) is 7.69. The molecule has 5 rings (SSSR count). The molecule has 1 saturated heterocycles. The van der Waals surface area contributed by atoms with Gasteiger partial charge in [-0.25, -0.2) is 9.97 Å². The van der Waals surface area contributed by atoms with Crippen LogP contribution in [-0.4, -0.2) is 46.9 Å². The normalized spacial score (nSPS) is 23.2. The highest BCUT2D eigenvalue weighted by Gasteiger charge is 2.29. The first-order valence-corrected chi connectivity index (χ1v) is 11.5. The first-order valence-electron chi connectivity index (χ1n) is 10.7. The quantitative estimate of drug-likeness (QED) is 0.760. The Morgan fingerprint density at radius 1 is 1.14 bits per heavy atom. The molecule has 1 fully saturated rings. The van der Waals surface area contributed by atoms with Crippen LogP contribution in [0.2, 0.25) is 0 Å². The lowest BCUT2D eigenvalue weighted by Crippen LogP contribution is -2.39. The first kappa shape index (κ1) is 19.0. The maximum atomic E-state index is 5.53. The molecule has 0 radical (unpaired) electrons. The Morgan fingerprint density at radius 2 is 1.97 bits per heavy atom. The van der Waals surface area contributed by atoms with E-state index >= 15 is 0 Å². The number of morpholine rings is 1. The number of anilines is 1. The van der Waals surface area contributed by atoms with Crippen molar-refractivity contribution < 1.29 is 4.74 Å². The molecule has 1 N–H and O–H groups in total. The third-order valence-corrected chi connectivity index (χ3v) is 7.33. The van der Waals surface area contributed by atoms with Gasteiger partial charge in [-0.05, 0) is 55.6 Å². The van der Waals surface area contributed by atoms with Crippen LogP contribution in [0.3, 0.4) is 0 Å². The minimum atomic E-state index is 0.200. The molecule has 1 aliphatic heterocycles. The van der Waals surface area contributed by atoms with Crippen molar-refractivity contribution in [2.75, 3.05) is 31.7 Å². The van der Waals surface area contributed by atoms with E-state index in [0.29, 0.717) is 0 Å². The van der Waals surface area contributed by atoms with Crippen molar-refractivity contribution in [3.8, 4) is 0 Å². The van der Waals surface area contributed by atoms with Gasteiger partial charge in [0.05, 0.1) is 24.3 Å². The maximum absolute atomic E-state index is 5.53. The monoisotopic (exact) mass is 411 g/mol. The molecule has 29 heavy (non-hydrogen) atoms. The van der Waals surface area contributed by atoms with Gasteiger partial charge in [0.2, 0.25) is 0 Å². The fourth-order valence-electron chi connectivity index (χ4n) is 4.76. The number of fused-ring (bicyclic) bond motifs is 3. The Morgan fingerprint density at radius 3 is 2.83 bits per heavy atom. The predicted molar refractivity (Wildman–Crippen MR) is 119 cm³/mol. The number of allylic oxidation sites excluding steroid dienone is 2. The van der Waals surface area contributed by atoms with Crippen molar-refractivity contribution >= 4 is 33.1 Å². The zero-order valence-corrected chi connectivity index (χ0v) is 18.1. The lowest BCUT2D eigenvalue weighted by atomic mass is 9.78. The third-order valence-electron chi connectivity index (χ3n) is 6.13. The molecule has 3 aliphatic rings. The van der Waals surface area contributed by atoms with E-state index < -0.39 is 0 Å². The van der Waals surface area contributed by atoms with Crippen molar-refractivity contribution in [2.45, 2.75) is 52.4 Å². The van der Waals surface area contributed by atoms with Crippen LogP contribution in [0.1, 0.15) is 50.0 Å². The number of aryl methyl sites for hydroxylation is 2. The number of nitrogens with zero attached hydrogens (tertiary/aromatic N) is 4.